The summed E-state index contributed by atoms with van der Waals surface area (Å²) in [4.78, 5) is 15.1. The van der Waals surface area contributed by atoms with E-state index in [1.54, 1.807) is 32.0 Å². The van der Waals surface area contributed by atoms with Crippen molar-refractivity contribution < 1.29 is 19.0 Å². The van der Waals surface area contributed by atoms with Crippen LogP contribution in [0.1, 0.15) is 21.6 Å². The third-order valence-corrected chi connectivity index (χ3v) is 2.59. The molecular weight excluding hydrogens is 249 g/mol. The molecule has 0 aliphatic rings. The third kappa shape index (κ3) is 2.70. The van der Waals surface area contributed by atoms with Crippen LogP contribution >= 0.6 is 0 Å². The molecule has 0 fully saturated rings. The normalized spacial score (nSPS) is 10.3. The van der Waals surface area contributed by atoms with E-state index in [4.69, 9.17) is 9.84 Å². The van der Waals surface area contributed by atoms with Crippen molar-refractivity contribution in [3.05, 3.63) is 53.0 Å². The number of carboxylic acids is 1. The number of hydrogen-bond donors (Lipinski definition) is 1. The van der Waals surface area contributed by atoms with E-state index in [1.165, 1.54) is 12.1 Å². The van der Waals surface area contributed by atoms with Gasteiger partial charge in [0.25, 0.3) is 0 Å². The van der Waals surface area contributed by atoms with Crippen LogP contribution in [0.5, 0.6) is 11.6 Å². The van der Waals surface area contributed by atoms with E-state index in [9.17, 15) is 9.18 Å². The summed E-state index contributed by atoms with van der Waals surface area (Å²) in [6.07, 6.45) is 0. The standard InChI is InChI=1S/C14H12FNO3/c1-8-4-3-5-11(12(8)15)19-13-10(14(17)18)7-6-9(2)16-13/h3-7H,1-2H3,(H,17,18). The molecule has 1 aromatic heterocycles. The SMILES string of the molecule is Cc1ccc(C(=O)O)c(Oc2cccc(C)c2F)n1. The average molecular weight is 261 g/mol. The van der Waals surface area contributed by atoms with E-state index >= 15 is 0 Å². The van der Waals surface area contributed by atoms with E-state index in [0.717, 1.165) is 0 Å². The Morgan fingerprint density at radius 1 is 1.26 bits per heavy atom. The summed E-state index contributed by atoms with van der Waals surface area (Å²) in [5.74, 6) is -1.85. The molecule has 0 atom stereocenters. The van der Waals surface area contributed by atoms with E-state index < -0.39 is 11.8 Å². The summed E-state index contributed by atoms with van der Waals surface area (Å²) in [7, 11) is 0. The van der Waals surface area contributed by atoms with Crippen molar-refractivity contribution in [3.8, 4) is 11.6 Å². The number of hydrogen-bond acceptors (Lipinski definition) is 3. The fourth-order valence-electron chi connectivity index (χ4n) is 1.58. The van der Waals surface area contributed by atoms with Crippen LogP contribution in [0, 0.1) is 19.7 Å². The Labute approximate surface area is 109 Å². The number of benzene rings is 1. The lowest BCUT2D eigenvalue weighted by atomic mass is 10.2. The van der Waals surface area contributed by atoms with E-state index in [-0.39, 0.29) is 17.2 Å². The van der Waals surface area contributed by atoms with E-state index in [1.807, 2.05) is 0 Å². The lowest BCUT2D eigenvalue weighted by molar-refractivity contribution is 0.0693. The number of carboxylic acid groups (broad SMARTS) is 1. The summed E-state index contributed by atoms with van der Waals surface area (Å²) in [6.45, 7) is 3.30. The van der Waals surface area contributed by atoms with Gasteiger partial charge in [0.1, 0.15) is 5.56 Å². The molecule has 0 aliphatic heterocycles. The largest absolute Gasteiger partial charge is 0.477 e. The lowest BCUT2D eigenvalue weighted by Gasteiger charge is -2.10. The molecule has 0 bridgehead atoms. The van der Waals surface area contributed by atoms with Gasteiger partial charge in [0.2, 0.25) is 5.88 Å². The maximum atomic E-state index is 13.8. The molecule has 0 aliphatic carbocycles. The second-order valence-electron chi connectivity index (χ2n) is 4.10. The van der Waals surface area contributed by atoms with Gasteiger partial charge < -0.3 is 9.84 Å². The Bertz CT molecular complexity index is 641. The molecular formula is C14H12FNO3. The molecule has 0 saturated carbocycles. The van der Waals surface area contributed by atoms with Gasteiger partial charge in [0.15, 0.2) is 11.6 Å². The maximum absolute atomic E-state index is 13.8. The molecule has 0 unspecified atom stereocenters. The number of aromatic carboxylic acids is 1. The van der Waals surface area contributed by atoms with Gasteiger partial charge in [-0.15, -0.1) is 0 Å². The molecule has 0 radical (unpaired) electrons. The van der Waals surface area contributed by atoms with Crippen molar-refractivity contribution in [1.29, 1.82) is 0 Å². The van der Waals surface area contributed by atoms with Crippen molar-refractivity contribution in [2.24, 2.45) is 0 Å². The fourth-order valence-corrected chi connectivity index (χ4v) is 1.58. The van der Waals surface area contributed by atoms with Gasteiger partial charge in [-0.25, -0.2) is 14.2 Å². The Balaban J connectivity index is 2.45. The van der Waals surface area contributed by atoms with Crippen LogP contribution in [0.15, 0.2) is 30.3 Å². The predicted octanol–water partition coefficient (Wildman–Crippen LogP) is 3.33. The zero-order valence-electron chi connectivity index (χ0n) is 10.5. The number of aryl methyl sites for hydroxylation is 2. The van der Waals surface area contributed by atoms with Gasteiger partial charge in [-0.3, -0.25) is 0 Å². The Morgan fingerprint density at radius 2 is 2.00 bits per heavy atom. The van der Waals surface area contributed by atoms with Crippen molar-refractivity contribution in [2.75, 3.05) is 0 Å². The number of halogens is 1. The highest BCUT2D eigenvalue weighted by atomic mass is 19.1. The molecule has 0 spiro atoms. The number of aromatic nitrogens is 1. The first kappa shape index (κ1) is 13.0. The molecule has 2 rings (SSSR count). The van der Waals surface area contributed by atoms with Crippen LogP contribution in [0.2, 0.25) is 0 Å². The summed E-state index contributed by atoms with van der Waals surface area (Å²) >= 11 is 0. The van der Waals surface area contributed by atoms with Gasteiger partial charge >= 0.3 is 5.97 Å². The average Bonchev–Trinajstić information content (AvgIpc) is 2.35. The fraction of sp³-hybridized carbons (Fsp3) is 0.143. The smallest absolute Gasteiger partial charge is 0.341 e. The second-order valence-corrected chi connectivity index (χ2v) is 4.10. The number of carbonyl (C=O) groups is 1. The molecule has 2 aromatic rings. The molecule has 1 aromatic carbocycles. The van der Waals surface area contributed by atoms with Crippen LogP contribution in [0.25, 0.3) is 0 Å². The van der Waals surface area contributed by atoms with Gasteiger partial charge in [-0.2, -0.15) is 0 Å². The highest BCUT2D eigenvalue weighted by Crippen LogP contribution is 2.27. The van der Waals surface area contributed by atoms with Crippen LogP contribution in [-0.4, -0.2) is 16.1 Å². The molecule has 0 saturated heterocycles. The Morgan fingerprint density at radius 3 is 2.68 bits per heavy atom. The summed E-state index contributed by atoms with van der Waals surface area (Å²) in [6, 6.07) is 7.60. The van der Waals surface area contributed by atoms with Gasteiger partial charge in [-0.1, -0.05) is 12.1 Å². The third-order valence-electron chi connectivity index (χ3n) is 2.59. The highest BCUT2D eigenvalue weighted by molar-refractivity contribution is 5.90. The van der Waals surface area contributed by atoms with Gasteiger partial charge in [-0.05, 0) is 37.6 Å². The number of nitrogens with zero attached hydrogens (tertiary/aromatic N) is 1. The van der Waals surface area contributed by atoms with Gasteiger partial charge in [0, 0.05) is 5.69 Å². The van der Waals surface area contributed by atoms with Crippen LogP contribution in [0.3, 0.4) is 0 Å². The van der Waals surface area contributed by atoms with Crippen molar-refractivity contribution in [1.82, 2.24) is 4.98 Å². The van der Waals surface area contributed by atoms with E-state index in [0.29, 0.717) is 11.3 Å². The zero-order valence-corrected chi connectivity index (χ0v) is 10.5. The molecule has 19 heavy (non-hydrogen) atoms. The quantitative estimate of drug-likeness (QED) is 0.920. The van der Waals surface area contributed by atoms with Crippen LogP contribution in [-0.2, 0) is 0 Å². The molecule has 1 N–H and O–H groups in total. The Kier molecular flexibility index (Phi) is 3.46. The first-order chi connectivity index (χ1) is 8.99. The van der Waals surface area contributed by atoms with Crippen molar-refractivity contribution in [2.45, 2.75) is 13.8 Å². The second kappa shape index (κ2) is 5.06. The first-order valence-electron chi connectivity index (χ1n) is 5.63. The minimum Gasteiger partial charge on any atom is -0.477 e. The first-order valence-corrected chi connectivity index (χ1v) is 5.63. The molecule has 5 heteroatoms. The topological polar surface area (TPSA) is 59.4 Å². The molecule has 98 valence electrons. The van der Waals surface area contributed by atoms with Crippen LogP contribution in [0.4, 0.5) is 4.39 Å². The van der Waals surface area contributed by atoms with Crippen molar-refractivity contribution in [3.63, 3.8) is 0 Å². The maximum Gasteiger partial charge on any atom is 0.341 e. The summed E-state index contributed by atoms with van der Waals surface area (Å²) in [5, 5.41) is 9.04. The molecule has 4 nitrogen and oxygen atoms in total. The van der Waals surface area contributed by atoms with E-state index in [2.05, 4.69) is 4.98 Å². The number of ether oxygens (including phenoxy) is 1. The minimum atomic E-state index is -1.17. The Hall–Kier alpha value is -2.43. The number of rotatable bonds is 3. The molecule has 1 heterocycles. The van der Waals surface area contributed by atoms with Crippen LogP contribution < -0.4 is 4.74 Å². The minimum absolute atomic E-state index is 0.0411. The van der Waals surface area contributed by atoms with Crippen molar-refractivity contribution >= 4 is 5.97 Å². The summed E-state index contributed by atoms with van der Waals surface area (Å²) < 4.78 is 19.1. The summed E-state index contributed by atoms with van der Waals surface area (Å²) in [5.41, 5.74) is 0.904. The molecule has 0 amide bonds. The monoisotopic (exact) mass is 261 g/mol. The van der Waals surface area contributed by atoms with Gasteiger partial charge in [0.05, 0.1) is 0 Å². The highest BCUT2D eigenvalue weighted by Gasteiger charge is 2.16. The predicted molar refractivity (Wildman–Crippen MR) is 67.1 cm³/mol. The number of pyridine rings is 1. The lowest BCUT2D eigenvalue weighted by Crippen LogP contribution is -2.03. The zero-order chi connectivity index (χ0) is 14.0.